The van der Waals surface area contributed by atoms with Crippen molar-refractivity contribution in [2.45, 2.75) is 47.1 Å². The number of hydrogen-bond acceptors (Lipinski definition) is 3. The molecule has 0 saturated carbocycles. The molecule has 1 unspecified atom stereocenters. The van der Waals surface area contributed by atoms with Crippen LogP contribution in [0.2, 0.25) is 0 Å². The van der Waals surface area contributed by atoms with Gasteiger partial charge in [0.05, 0.1) is 11.5 Å². The molecule has 0 aromatic carbocycles. The summed E-state index contributed by atoms with van der Waals surface area (Å²) in [5.41, 5.74) is 1.07. The number of amides is 1. The van der Waals surface area contributed by atoms with Crippen molar-refractivity contribution in [2.75, 3.05) is 13.1 Å². The highest BCUT2D eigenvalue weighted by molar-refractivity contribution is 5.95. The van der Waals surface area contributed by atoms with E-state index in [1.54, 1.807) is 16.4 Å². The number of aryl methyl sites for hydroxylation is 2. The van der Waals surface area contributed by atoms with E-state index in [1.165, 1.54) is 0 Å². The molecule has 22 heavy (non-hydrogen) atoms. The molecule has 1 saturated heterocycles. The van der Waals surface area contributed by atoms with Gasteiger partial charge in [0.25, 0.3) is 11.5 Å². The zero-order chi connectivity index (χ0) is 16.5. The molecule has 1 atom stereocenters. The summed E-state index contributed by atoms with van der Waals surface area (Å²) in [5, 5.41) is 9.29. The van der Waals surface area contributed by atoms with E-state index in [-0.39, 0.29) is 17.0 Å². The van der Waals surface area contributed by atoms with Crippen molar-refractivity contribution < 1.29 is 4.79 Å². The molecular weight excluding hydrogens is 278 g/mol. The number of nitriles is 1. The highest BCUT2D eigenvalue weighted by atomic mass is 16.2. The number of nitrogens with zero attached hydrogens (tertiary/aromatic N) is 3. The second-order valence-corrected chi connectivity index (χ2v) is 6.40. The number of carbonyl (C=O) groups is 1. The minimum absolute atomic E-state index is 0.228. The van der Waals surface area contributed by atoms with Gasteiger partial charge in [-0.15, -0.1) is 0 Å². The molecule has 1 amide bonds. The molecule has 1 aliphatic heterocycles. The molecule has 0 bridgehead atoms. The Morgan fingerprint density at radius 3 is 2.73 bits per heavy atom. The zero-order valence-corrected chi connectivity index (χ0v) is 13.8. The van der Waals surface area contributed by atoms with E-state index in [4.69, 9.17) is 0 Å². The summed E-state index contributed by atoms with van der Waals surface area (Å²) in [5.74, 6) is -0.245. The predicted octanol–water partition coefficient (Wildman–Crippen LogP) is 2.25. The SMILES string of the molecule is CCn1c(C)cc(C)c(C(=O)N2CCCC(C)(C#N)C2)c1=O. The quantitative estimate of drug-likeness (QED) is 0.841. The maximum atomic E-state index is 12.8. The topological polar surface area (TPSA) is 66.1 Å². The Kier molecular flexibility index (Phi) is 4.41. The van der Waals surface area contributed by atoms with Crippen molar-refractivity contribution in [3.05, 3.63) is 33.2 Å². The third-order valence-corrected chi connectivity index (χ3v) is 4.49. The molecule has 0 spiro atoms. The summed E-state index contributed by atoms with van der Waals surface area (Å²) in [6, 6.07) is 4.18. The lowest BCUT2D eigenvalue weighted by molar-refractivity contribution is 0.0626. The monoisotopic (exact) mass is 301 g/mol. The molecule has 0 aliphatic carbocycles. The van der Waals surface area contributed by atoms with Crippen LogP contribution in [0.4, 0.5) is 0 Å². The fourth-order valence-corrected chi connectivity index (χ4v) is 3.24. The van der Waals surface area contributed by atoms with Crippen molar-refractivity contribution in [2.24, 2.45) is 5.41 Å². The highest BCUT2D eigenvalue weighted by Gasteiger charge is 2.34. The van der Waals surface area contributed by atoms with E-state index in [9.17, 15) is 14.9 Å². The summed E-state index contributed by atoms with van der Waals surface area (Å²) in [4.78, 5) is 27.1. The molecule has 1 aromatic heterocycles. The van der Waals surface area contributed by atoms with E-state index < -0.39 is 5.41 Å². The van der Waals surface area contributed by atoms with Crippen LogP contribution in [0.15, 0.2) is 10.9 Å². The van der Waals surface area contributed by atoms with Gasteiger partial charge in [-0.25, -0.2) is 0 Å². The van der Waals surface area contributed by atoms with Crippen molar-refractivity contribution in [3.63, 3.8) is 0 Å². The van der Waals surface area contributed by atoms with E-state index in [0.717, 1.165) is 18.5 Å². The second kappa shape index (κ2) is 5.96. The largest absolute Gasteiger partial charge is 0.337 e. The fraction of sp³-hybridized carbons (Fsp3) is 0.588. The Bertz CT molecular complexity index is 699. The zero-order valence-electron chi connectivity index (χ0n) is 13.8. The number of piperidine rings is 1. The van der Waals surface area contributed by atoms with Gasteiger partial charge in [-0.3, -0.25) is 9.59 Å². The number of carbonyl (C=O) groups excluding carboxylic acids is 1. The Morgan fingerprint density at radius 1 is 1.45 bits per heavy atom. The summed E-state index contributed by atoms with van der Waals surface area (Å²) in [6.07, 6.45) is 1.59. The summed E-state index contributed by atoms with van der Waals surface area (Å²) >= 11 is 0. The van der Waals surface area contributed by atoms with Crippen LogP contribution < -0.4 is 5.56 Å². The third kappa shape index (κ3) is 2.78. The van der Waals surface area contributed by atoms with Crippen molar-refractivity contribution in [3.8, 4) is 6.07 Å². The van der Waals surface area contributed by atoms with Crippen molar-refractivity contribution in [1.82, 2.24) is 9.47 Å². The average Bonchev–Trinajstić information content (AvgIpc) is 2.47. The molecule has 0 radical (unpaired) electrons. The minimum Gasteiger partial charge on any atom is -0.337 e. The molecule has 2 rings (SSSR count). The van der Waals surface area contributed by atoms with Gasteiger partial charge in [-0.05, 0) is 52.2 Å². The lowest BCUT2D eigenvalue weighted by atomic mass is 9.83. The number of aromatic nitrogens is 1. The minimum atomic E-state index is -0.518. The van der Waals surface area contributed by atoms with Gasteiger partial charge in [0.15, 0.2) is 0 Å². The van der Waals surface area contributed by atoms with Crippen LogP contribution in [0, 0.1) is 30.6 Å². The van der Waals surface area contributed by atoms with E-state index in [1.807, 2.05) is 26.8 Å². The number of hydrogen-bond donors (Lipinski definition) is 0. The molecular formula is C17H23N3O2. The van der Waals surface area contributed by atoms with Crippen LogP contribution in [-0.4, -0.2) is 28.5 Å². The van der Waals surface area contributed by atoms with Gasteiger partial charge in [0.2, 0.25) is 0 Å². The van der Waals surface area contributed by atoms with Gasteiger partial charge in [-0.2, -0.15) is 5.26 Å². The van der Waals surface area contributed by atoms with E-state index in [0.29, 0.717) is 25.2 Å². The normalized spacial score (nSPS) is 21.5. The molecule has 1 fully saturated rings. The number of pyridine rings is 1. The molecule has 2 heterocycles. The van der Waals surface area contributed by atoms with Gasteiger partial charge >= 0.3 is 0 Å². The first kappa shape index (κ1) is 16.3. The lowest BCUT2D eigenvalue weighted by Gasteiger charge is -2.36. The Morgan fingerprint density at radius 2 is 2.14 bits per heavy atom. The predicted molar refractivity (Wildman–Crippen MR) is 84.7 cm³/mol. The smallest absolute Gasteiger partial charge is 0.263 e. The Hall–Kier alpha value is -2.09. The molecule has 5 nitrogen and oxygen atoms in total. The molecule has 1 aliphatic rings. The highest BCUT2D eigenvalue weighted by Crippen LogP contribution is 2.29. The Balaban J connectivity index is 2.43. The van der Waals surface area contributed by atoms with Gasteiger partial charge in [0, 0.05) is 25.3 Å². The standard InChI is InChI=1S/C17H23N3O2/c1-5-20-13(3)9-12(2)14(16(20)22)15(21)19-8-6-7-17(4,10-18)11-19/h9H,5-8,11H2,1-4H3. The van der Waals surface area contributed by atoms with Crippen LogP contribution in [0.1, 0.15) is 48.3 Å². The van der Waals surface area contributed by atoms with Crippen LogP contribution in [0.25, 0.3) is 0 Å². The fourth-order valence-electron chi connectivity index (χ4n) is 3.24. The third-order valence-electron chi connectivity index (χ3n) is 4.49. The second-order valence-electron chi connectivity index (χ2n) is 6.40. The molecule has 118 valence electrons. The van der Waals surface area contributed by atoms with Crippen molar-refractivity contribution in [1.29, 1.82) is 5.26 Å². The van der Waals surface area contributed by atoms with E-state index >= 15 is 0 Å². The number of rotatable bonds is 2. The van der Waals surface area contributed by atoms with Crippen LogP contribution in [-0.2, 0) is 6.54 Å². The first-order valence-electron chi connectivity index (χ1n) is 7.74. The van der Waals surface area contributed by atoms with Crippen LogP contribution in [0.3, 0.4) is 0 Å². The maximum Gasteiger partial charge on any atom is 0.263 e. The maximum absolute atomic E-state index is 12.8. The first-order chi connectivity index (χ1) is 10.3. The number of likely N-dealkylation sites (tertiary alicyclic amines) is 1. The van der Waals surface area contributed by atoms with Crippen LogP contribution >= 0.6 is 0 Å². The first-order valence-corrected chi connectivity index (χ1v) is 7.74. The summed E-state index contributed by atoms with van der Waals surface area (Å²) in [6.45, 7) is 8.98. The summed E-state index contributed by atoms with van der Waals surface area (Å²) < 4.78 is 1.62. The average molecular weight is 301 g/mol. The molecule has 1 aromatic rings. The van der Waals surface area contributed by atoms with E-state index in [2.05, 4.69) is 6.07 Å². The van der Waals surface area contributed by atoms with Gasteiger partial charge in [0.1, 0.15) is 5.56 Å². The van der Waals surface area contributed by atoms with Crippen molar-refractivity contribution >= 4 is 5.91 Å². The van der Waals surface area contributed by atoms with Gasteiger partial charge in [-0.1, -0.05) is 0 Å². The van der Waals surface area contributed by atoms with Gasteiger partial charge < -0.3 is 9.47 Å². The molecule has 5 heteroatoms. The molecule has 0 N–H and O–H groups in total. The lowest BCUT2D eigenvalue weighted by Crippen LogP contribution is -2.46. The van der Waals surface area contributed by atoms with Crippen LogP contribution in [0.5, 0.6) is 0 Å². The Labute approximate surface area is 131 Å². The summed E-state index contributed by atoms with van der Waals surface area (Å²) in [7, 11) is 0.